The van der Waals surface area contributed by atoms with Crippen LogP contribution in [0.25, 0.3) is 5.57 Å². The minimum absolute atomic E-state index is 0.587. The van der Waals surface area contributed by atoms with Gasteiger partial charge < -0.3 is 0 Å². The van der Waals surface area contributed by atoms with Crippen molar-refractivity contribution in [2.45, 2.75) is 27.7 Å². The molecule has 1 nitrogen and oxygen atoms in total. The molecular formula is C16H20N. The van der Waals surface area contributed by atoms with Crippen molar-refractivity contribution in [3.8, 4) is 0 Å². The molecule has 1 aliphatic carbocycles. The first-order chi connectivity index (χ1) is 8.11. The molecule has 0 saturated carbocycles. The van der Waals surface area contributed by atoms with E-state index in [0.29, 0.717) is 11.8 Å². The van der Waals surface area contributed by atoms with Gasteiger partial charge in [0.05, 0.1) is 5.69 Å². The average molecular weight is 226 g/mol. The first-order valence-corrected chi connectivity index (χ1v) is 6.66. The first kappa shape index (κ1) is 10.9. The van der Waals surface area contributed by atoms with Crippen LogP contribution in [0.4, 0.5) is 5.69 Å². The number of allylic oxidation sites excluding steroid dienone is 2. The zero-order valence-electron chi connectivity index (χ0n) is 11.1. The molecule has 0 spiro atoms. The van der Waals surface area contributed by atoms with E-state index in [1.807, 2.05) is 0 Å². The van der Waals surface area contributed by atoms with Gasteiger partial charge in [-0.25, -0.2) is 0 Å². The lowest BCUT2D eigenvalue weighted by Gasteiger charge is -2.37. The summed E-state index contributed by atoms with van der Waals surface area (Å²) >= 11 is 0. The van der Waals surface area contributed by atoms with Crippen LogP contribution >= 0.6 is 0 Å². The van der Waals surface area contributed by atoms with Crippen molar-refractivity contribution in [1.82, 2.24) is 5.32 Å². The highest BCUT2D eigenvalue weighted by molar-refractivity contribution is 5.84. The van der Waals surface area contributed by atoms with Gasteiger partial charge in [-0.3, -0.25) is 5.32 Å². The topological polar surface area (TPSA) is 14.1 Å². The quantitative estimate of drug-likeness (QED) is 0.629. The van der Waals surface area contributed by atoms with Crippen molar-refractivity contribution in [3.63, 3.8) is 0 Å². The fourth-order valence-electron chi connectivity index (χ4n) is 3.38. The van der Waals surface area contributed by atoms with Crippen LogP contribution in [-0.2, 0) is 0 Å². The van der Waals surface area contributed by atoms with Crippen molar-refractivity contribution in [2.24, 2.45) is 23.7 Å². The number of fused-ring (bicyclic) bond motifs is 2. The van der Waals surface area contributed by atoms with Crippen LogP contribution in [0.1, 0.15) is 33.3 Å². The molecular weight excluding hydrogens is 206 g/mol. The summed E-state index contributed by atoms with van der Waals surface area (Å²) in [5.74, 6) is 2.68. The molecule has 89 valence electrons. The third-order valence-electron chi connectivity index (χ3n) is 5.00. The number of hydrogen-bond acceptors (Lipinski definition) is 0. The van der Waals surface area contributed by atoms with Gasteiger partial charge in [0, 0.05) is 17.2 Å². The van der Waals surface area contributed by atoms with Crippen LogP contribution in [0.3, 0.4) is 0 Å². The second-order valence-corrected chi connectivity index (χ2v) is 5.72. The molecule has 1 radical (unpaired) electrons. The van der Waals surface area contributed by atoms with E-state index in [0.717, 1.165) is 11.8 Å². The lowest BCUT2D eigenvalue weighted by atomic mass is 9.68. The summed E-state index contributed by atoms with van der Waals surface area (Å²) in [5.41, 5.74) is 5.42. The van der Waals surface area contributed by atoms with Crippen molar-refractivity contribution in [2.75, 3.05) is 0 Å². The summed E-state index contributed by atoms with van der Waals surface area (Å²) in [5, 5.41) is 4.87. The molecule has 0 amide bonds. The second-order valence-electron chi connectivity index (χ2n) is 5.72. The summed E-state index contributed by atoms with van der Waals surface area (Å²) in [6.07, 6.45) is 0. The highest BCUT2D eigenvalue weighted by atomic mass is 14.9. The van der Waals surface area contributed by atoms with E-state index in [-0.39, 0.29) is 0 Å². The molecule has 2 aliphatic rings. The van der Waals surface area contributed by atoms with Crippen LogP contribution in [0.2, 0.25) is 0 Å². The summed E-state index contributed by atoms with van der Waals surface area (Å²) < 4.78 is 0. The van der Waals surface area contributed by atoms with Gasteiger partial charge in [-0.05, 0) is 29.4 Å². The number of rotatable bonds is 0. The molecule has 17 heavy (non-hydrogen) atoms. The fraction of sp³-hybridized carbons (Fsp3) is 0.500. The van der Waals surface area contributed by atoms with E-state index >= 15 is 0 Å². The van der Waals surface area contributed by atoms with E-state index in [1.165, 1.54) is 22.5 Å². The summed E-state index contributed by atoms with van der Waals surface area (Å²) in [4.78, 5) is 0. The van der Waals surface area contributed by atoms with Gasteiger partial charge in [0.15, 0.2) is 0 Å². The Morgan fingerprint density at radius 2 is 1.53 bits per heavy atom. The van der Waals surface area contributed by atoms with Crippen LogP contribution in [-0.4, -0.2) is 0 Å². The molecule has 4 unspecified atom stereocenters. The Bertz CT molecular complexity index is 486. The zero-order chi connectivity index (χ0) is 12.2. The molecule has 0 bridgehead atoms. The van der Waals surface area contributed by atoms with Crippen molar-refractivity contribution in [3.05, 3.63) is 35.5 Å². The van der Waals surface area contributed by atoms with E-state index in [9.17, 15) is 0 Å². The Morgan fingerprint density at radius 3 is 2.29 bits per heavy atom. The monoisotopic (exact) mass is 226 g/mol. The molecule has 1 aromatic carbocycles. The van der Waals surface area contributed by atoms with E-state index in [2.05, 4.69) is 52.0 Å². The highest BCUT2D eigenvalue weighted by Crippen LogP contribution is 2.51. The summed E-state index contributed by atoms with van der Waals surface area (Å²) in [6, 6.07) is 8.59. The third kappa shape index (κ3) is 1.38. The molecule has 0 fully saturated rings. The maximum absolute atomic E-state index is 4.87. The van der Waals surface area contributed by atoms with Crippen LogP contribution < -0.4 is 5.32 Å². The van der Waals surface area contributed by atoms with E-state index < -0.39 is 0 Å². The molecule has 0 saturated heterocycles. The number of nitrogens with zero attached hydrogens (tertiary/aromatic N) is 1. The second kappa shape index (κ2) is 3.63. The van der Waals surface area contributed by atoms with Crippen LogP contribution in [0.15, 0.2) is 30.0 Å². The lowest BCUT2D eigenvalue weighted by Crippen LogP contribution is -2.30. The standard InChI is InChI=1S/C16H20N/c1-9-10(2)12(4)16-15(11(9)3)13-7-5-6-8-14(13)17-16/h5-12H,1-4H3. The average Bonchev–Trinajstić information content (AvgIpc) is 2.73. The Kier molecular flexibility index (Phi) is 2.32. The van der Waals surface area contributed by atoms with Crippen molar-refractivity contribution >= 4 is 11.3 Å². The molecule has 1 heteroatoms. The SMILES string of the molecule is CC1C2=C(c3ccccc3[N]2)C(C)C(C)C1C. The predicted octanol–water partition coefficient (Wildman–Crippen LogP) is 4.21. The highest BCUT2D eigenvalue weighted by Gasteiger charge is 2.40. The van der Waals surface area contributed by atoms with E-state index in [1.54, 1.807) is 0 Å². The Labute approximate surface area is 104 Å². The minimum atomic E-state index is 0.587. The molecule has 0 N–H and O–H groups in total. The third-order valence-corrected chi connectivity index (χ3v) is 5.00. The van der Waals surface area contributed by atoms with Crippen LogP contribution in [0.5, 0.6) is 0 Å². The molecule has 1 aromatic rings. The lowest BCUT2D eigenvalue weighted by molar-refractivity contribution is 0.244. The molecule has 1 heterocycles. The van der Waals surface area contributed by atoms with Gasteiger partial charge in [-0.1, -0.05) is 45.9 Å². The van der Waals surface area contributed by atoms with Gasteiger partial charge in [0.25, 0.3) is 0 Å². The Hall–Kier alpha value is -1.24. The number of hydrogen-bond donors (Lipinski definition) is 0. The smallest absolute Gasteiger partial charge is 0.0709 e. The number of benzene rings is 1. The number of para-hydroxylation sites is 1. The van der Waals surface area contributed by atoms with Gasteiger partial charge in [0.1, 0.15) is 0 Å². The Balaban J connectivity index is 2.14. The van der Waals surface area contributed by atoms with E-state index in [4.69, 9.17) is 5.32 Å². The van der Waals surface area contributed by atoms with Gasteiger partial charge in [-0.2, -0.15) is 0 Å². The summed E-state index contributed by atoms with van der Waals surface area (Å²) in [6.45, 7) is 9.45. The van der Waals surface area contributed by atoms with Crippen molar-refractivity contribution in [1.29, 1.82) is 0 Å². The maximum atomic E-state index is 4.87. The Morgan fingerprint density at radius 1 is 0.882 bits per heavy atom. The summed E-state index contributed by atoms with van der Waals surface area (Å²) in [7, 11) is 0. The van der Waals surface area contributed by atoms with Crippen LogP contribution in [0, 0.1) is 23.7 Å². The van der Waals surface area contributed by atoms with Gasteiger partial charge >= 0.3 is 0 Å². The predicted molar refractivity (Wildman–Crippen MR) is 71.8 cm³/mol. The normalized spacial score (nSPS) is 35.3. The van der Waals surface area contributed by atoms with Crippen molar-refractivity contribution < 1.29 is 0 Å². The van der Waals surface area contributed by atoms with Gasteiger partial charge in [0.2, 0.25) is 0 Å². The molecule has 3 rings (SSSR count). The van der Waals surface area contributed by atoms with Gasteiger partial charge in [-0.15, -0.1) is 0 Å². The zero-order valence-corrected chi connectivity index (χ0v) is 11.1. The minimum Gasteiger partial charge on any atom is -0.252 e. The largest absolute Gasteiger partial charge is 0.252 e. The molecule has 1 aliphatic heterocycles. The maximum Gasteiger partial charge on any atom is 0.0709 e. The molecule has 0 aromatic heterocycles. The fourth-order valence-corrected chi connectivity index (χ4v) is 3.38. The molecule has 4 atom stereocenters. The first-order valence-electron chi connectivity index (χ1n) is 6.66.